The second kappa shape index (κ2) is 6.31. The summed E-state index contributed by atoms with van der Waals surface area (Å²) in [7, 11) is 0. The van der Waals surface area contributed by atoms with Gasteiger partial charge in [-0.3, -0.25) is 0 Å². The third-order valence-corrected chi connectivity index (χ3v) is 3.95. The number of nitrogens with two attached hydrogens (primary N) is 1. The molecule has 2 heteroatoms. The van der Waals surface area contributed by atoms with Crippen molar-refractivity contribution in [2.75, 3.05) is 6.61 Å². The Hall–Kier alpha value is -1.80. The van der Waals surface area contributed by atoms with Gasteiger partial charge in [-0.25, -0.2) is 0 Å². The molecule has 0 aliphatic carbocycles. The minimum absolute atomic E-state index is 0.108. The summed E-state index contributed by atoms with van der Waals surface area (Å²) < 4.78 is 6.02. The van der Waals surface area contributed by atoms with E-state index in [4.69, 9.17) is 10.5 Å². The van der Waals surface area contributed by atoms with Crippen LogP contribution in [0.1, 0.15) is 39.4 Å². The van der Waals surface area contributed by atoms with E-state index in [1.807, 2.05) is 0 Å². The molecule has 2 aromatic carbocycles. The van der Waals surface area contributed by atoms with Gasteiger partial charge in [0.1, 0.15) is 12.4 Å². The summed E-state index contributed by atoms with van der Waals surface area (Å²) in [6.45, 7) is 11.0. The highest BCUT2D eigenvalue weighted by molar-refractivity contribution is 5.44. The van der Waals surface area contributed by atoms with E-state index in [0.29, 0.717) is 6.61 Å². The molecule has 0 amide bonds. The molecule has 0 fully saturated rings. The number of rotatable bonds is 4. The van der Waals surface area contributed by atoms with Gasteiger partial charge >= 0.3 is 0 Å². The molecule has 0 aromatic heterocycles. The molecule has 0 spiro atoms. The standard InChI is InChI=1S/C19H25NO/c1-12-8-13(2)10-17(9-12)18(20)11-21-19-15(4)7-6-14(3)16(19)5/h6-10,18H,11,20H2,1-5H3. The molecule has 0 aliphatic heterocycles. The van der Waals surface area contributed by atoms with Crippen molar-refractivity contribution in [1.82, 2.24) is 0 Å². The van der Waals surface area contributed by atoms with E-state index in [-0.39, 0.29) is 6.04 Å². The Labute approximate surface area is 127 Å². The lowest BCUT2D eigenvalue weighted by molar-refractivity contribution is 0.287. The number of aryl methyl sites for hydroxylation is 4. The van der Waals surface area contributed by atoms with E-state index in [9.17, 15) is 0 Å². The molecule has 1 atom stereocenters. The maximum absolute atomic E-state index is 6.29. The van der Waals surface area contributed by atoms with E-state index < -0.39 is 0 Å². The van der Waals surface area contributed by atoms with Crippen molar-refractivity contribution >= 4 is 0 Å². The Bertz CT molecular complexity index is 626. The van der Waals surface area contributed by atoms with Crippen LogP contribution in [0.2, 0.25) is 0 Å². The van der Waals surface area contributed by atoms with Gasteiger partial charge in [0.25, 0.3) is 0 Å². The van der Waals surface area contributed by atoms with Crippen molar-refractivity contribution in [1.29, 1.82) is 0 Å². The Morgan fingerprint density at radius 1 is 0.905 bits per heavy atom. The van der Waals surface area contributed by atoms with Crippen molar-refractivity contribution in [2.24, 2.45) is 5.73 Å². The van der Waals surface area contributed by atoms with Gasteiger partial charge in [0.05, 0.1) is 6.04 Å². The summed E-state index contributed by atoms with van der Waals surface area (Å²) in [4.78, 5) is 0. The topological polar surface area (TPSA) is 35.2 Å². The maximum Gasteiger partial charge on any atom is 0.125 e. The summed E-state index contributed by atoms with van der Waals surface area (Å²) >= 11 is 0. The quantitative estimate of drug-likeness (QED) is 0.907. The fourth-order valence-corrected chi connectivity index (χ4v) is 2.64. The molecule has 0 bridgehead atoms. The molecular formula is C19H25NO. The van der Waals surface area contributed by atoms with Crippen molar-refractivity contribution in [2.45, 2.75) is 40.7 Å². The summed E-state index contributed by atoms with van der Waals surface area (Å²) in [5.74, 6) is 0.967. The zero-order chi connectivity index (χ0) is 15.6. The first-order valence-electron chi connectivity index (χ1n) is 7.42. The molecule has 0 saturated carbocycles. The summed E-state index contributed by atoms with van der Waals surface area (Å²) in [5.41, 5.74) is 13.5. The summed E-state index contributed by atoms with van der Waals surface area (Å²) in [6, 6.07) is 10.5. The molecule has 2 N–H and O–H groups in total. The van der Waals surface area contributed by atoms with E-state index in [1.54, 1.807) is 0 Å². The van der Waals surface area contributed by atoms with Gasteiger partial charge in [0.15, 0.2) is 0 Å². The Morgan fingerprint density at radius 3 is 2.10 bits per heavy atom. The Morgan fingerprint density at radius 2 is 1.48 bits per heavy atom. The predicted molar refractivity (Wildman–Crippen MR) is 89.0 cm³/mol. The first-order chi connectivity index (χ1) is 9.88. The fourth-order valence-electron chi connectivity index (χ4n) is 2.64. The van der Waals surface area contributed by atoms with Crippen LogP contribution in [0.25, 0.3) is 0 Å². The third-order valence-electron chi connectivity index (χ3n) is 3.95. The van der Waals surface area contributed by atoms with Crippen LogP contribution in [0.4, 0.5) is 0 Å². The first-order valence-corrected chi connectivity index (χ1v) is 7.42. The number of ether oxygens (including phenoxy) is 1. The van der Waals surface area contributed by atoms with Gasteiger partial charge in [-0.1, -0.05) is 41.5 Å². The lowest BCUT2D eigenvalue weighted by Gasteiger charge is -2.18. The molecule has 2 nitrogen and oxygen atoms in total. The number of hydrogen-bond donors (Lipinski definition) is 1. The van der Waals surface area contributed by atoms with E-state index in [0.717, 1.165) is 16.9 Å². The second-order valence-corrected chi connectivity index (χ2v) is 5.99. The van der Waals surface area contributed by atoms with Crippen LogP contribution in [0.5, 0.6) is 5.75 Å². The second-order valence-electron chi connectivity index (χ2n) is 5.99. The average molecular weight is 283 g/mol. The minimum atomic E-state index is -0.108. The smallest absolute Gasteiger partial charge is 0.125 e. The van der Waals surface area contributed by atoms with E-state index in [2.05, 4.69) is 65.0 Å². The largest absolute Gasteiger partial charge is 0.491 e. The van der Waals surface area contributed by atoms with Crippen molar-refractivity contribution < 1.29 is 4.74 Å². The maximum atomic E-state index is 6.29. The molecule has 0 radical (unpaired) electrons. The number of hydrogen-bond acceptors (Lipinski definition) is 2. The molecule has 1 unspecified atom stereocenters. The molecule has 2 rings (SSSR count). The summed E-state index contributed by atoms with van der Waals surface area (Å²) in [6.07, 6.45) is 0. The number of benzene rings is 2. The minimum Gasteiger partial charge on any atom is -0.491 e. The highest BCUT2D eigenvalue weighted by atomic mass is 16.5. The predicted octanol–water partition coefficient (Wildman–Crippen LogP) is 4.31. The van der Waals surface area contributed by atoms with Gasteiger partial charge in [0, 0.05) is 0 Å². The highest BCUT2D eigenvalue weighted by Gasteiger charge is 2.11. The van der Waals surface area contributed by atoms with Crippen molar-refractivity contribution in [3.63, 3.8) is 0 Å². The van der Waals surface area contributed by atoms with Crippen LogP contribution in [-0.4, -0.2) is 6.61 Å². The van der Waals surface area contributed by atoms with Crippen LogP contribution in [0.15, 0.2) is 30.3 Å². The van der Waals surface area contributed by atoms with Gasteiger partial charge in [-0.15, -0.1) is 0 Å². The first kappa shape index (κ1) is 15.6. The SMILES string of the molecule is Cc1cc(C)cc(C(N)COc2c(C)ccc(C)c2C)c1. The van der Waals surface area contributed by atoms with Gasteiger partial charge in [-0.2, -0.15) is 0 Å². The van der Waals surface area contributed by atoms with Crippen LogP contribution in [0.3, 0.4) is 0 Å². The van der Waals surface area contributed by atoms with Crippen LogP contribution < -0.4 is 10.5 Å². The van der Waals surface area contributed by atoms with Crippen molar-refractivity contribution in [3.8, 4) is 5.75 Å². The van der Waals surface area contributed by atoms with Gasteiger partial charge in [0.2, 0.25) is 0 Å². The van der Waals surface area contributed by atoms with Crippen LogP contribution in [-0.2, 0) is 0 Å². The highest BCUT2D eigenvalue weighted by Crippen LogP contribution is 2.27. The van der Waals surface area contributed by atoms with E-state index >= 15 is 0 Å². The monoisotopic (exact) mass is 283 g/mol. The molecule has 112 valence electrons. The third kappa shape index (κ3) is 3.64. The van der Waals surface area contributed by atoms with Gasteiger partial charge in [-0.05, 0) is 56.9 Å². The molecule has 2 aromatic rings. The lowest BCUT2D eigenvalue weighted by Crippen LogP contribution is -2.20. The molecule has 0 heterocycles. The average Bonchev–Trinajstić information content (AvgIpc) is 2.41. The molecular weight excluding hydrogens is 258 g/mol. The fraction of sp³-hybridized carbons (Fsp3) is 0.368. The lowest BCUT2D eigenvalue weighted by atomic mass is 10.0. The van der Waals surface area contributed by atoms with Crippen molar-refractivity contribution in [3.05, 3.63) is 63.7 Å². The summed E-state index contributed by atoms with van der Waals surface area (Å²) in [5, 5.41) is 0. The Kier molecular flexibility index (Phi) is 4.69. The molecule has 0 aliphatic rings. The Balaban J connectivity index is 2.14. The van der Waals surface area contributed by atoms with E-state index in [1.165, 1.54) is 22.3 Å². The van der Waals surface area contributed by atoms with Crippen LogP contribution in [0, 0.1) is 34.6 Å². The van der Waals surface area contributed by atoms with Gasteiger partial charge < -0.3 is 10.5 Å². The van der Waals surface area contributed by atoms with Crippen LogP contribution >= 0.6 is 0 Å². The zero-order valence-electron chi connectivity index (χ0n) is 13.7. The zero-order valence-corrected chi connectivity index (χ0v) is 13.7. The normalized spacial score (nSPS) is 12.3. The molecule has 21 heavy (non-hydrogen) atoms. The molecule has 0 saturated heterocycles.